The normalized spacial score (nSPS) is 10.8. The summed E-state index contributed by atoms with van der Waals surface area (Å²) in [5.41, 5.74) is 5.51. The Morgan fingerprint density at radius 2 is 1.76 bits per heavy atom. The number of amides is 1. The van der Waals surface area contributed by atoms with Crippen LogP contribution >= 0.6 is 11.8 Å². The van der Waals surface area contributed by atoms with Gasteiger partial charge in [0.15, 0.2) is 0 Å². The first-order valence-corrected chi connectivity index (χ1v) is 10.3. The lowest BCUT2D eigenvalue weighted by atomic mass is 10.1. The van der Waals surface area contributed by atoms with Crippen LogP contribution in [0.1, 0.15) is 16.7 Å². The monoisotopic (exact) mass is 410 g/mol. The van der Waals surface area contributed by atoms with E-state index in [1.54, 1.807) is 9.58 Å². The molecule has 3 aromatic rings. The van der Waals surface area contributed by atoms with E-state index in [1.807, 2.05) is 51.5 Å². The molecule has 29 heavy (non-hydrogen) atoms. The number of carbonyl (C=O) groups is 1. The van der Waals surface area contributed by atoms with E-state index in [9.17, 15) is 4.79 Å². The summed E-state index contributed by atoms with van der Waals surface area (Å²) < 4.78 is 1.67. The summed E-state index contributed by atoms with van der Waals surface area (Å²) in [6.07, 6.45) is 0. The molecule has 7 nitrogen and oxygen atoms in total. The number of carbonyl (C=O) groups excluding carboxylic acids is 1. The number of hydrogen-bond donors (Lipinski definition) is 0. The summed E-state index contributed by atoms with van der Waals surface area (Å²) in [4.78, 5) is 16.4. The fourth-order valence-corrected chi connectivity index (χ4v) is 3.62. The van der Waals surface area contributed by atoms with Crippen LogP contribution in [-0.4, -0.2) is 57.9 Å². The summed E-state index contributed by atoms with van der Waals surface area (Å²) >= 11 is 1.34. The average Bonchev–Trinajstić information content (AvgIpc) is 3.17. The van der Waals surface area contributed by atoms with Crippen molar-refractivity contribution in [2.45, 2.75) is 25.5 Å². The number of thioether (sulfide) groups is 1. The number of benzene rings is 2. The first-order chi connectivity index (χ1) is 13.8. The van der Waals surface area contributed by atoms with E-state index in [0.717, 1.165) is 16.9 Å². The van der Waals surface area contributed by atoms with Crippen LogP contribution < -0.4 is 4.90 Å². The highest BCUT2D eigenvalue weighted by molar-refractivity contribution is 7.99. The molecule has 0 atom stereocenters. The lowest BCUT2D eigenvalue weighted by Crippen LogP contribution is -2.28. The van der Waals surface area contributed by atoms with Gasteiger partial charge in [-0.25, -0.2) is 0 Å². The molecule has 1 aromatic heterocycles. The van der Waals surface area contributed by atoms with Crippen molar-refractivity contribution in [1.82, 2.24) is 25.1 Å². The minimum Gasteiger partial charge on any atom is -0.378 e. The maximum Gasteiger partial charge on any atom is 0.233 e. The Morgan fingerprint density at radius 3 is 2.41 bits per heavy atom. The summed E-state index contributed by atoms with van der Waals surface area (Å²) in [5, 5.41) is 12.5. The Labute approximate surface area is 175 Å². The molecule has 0 aliphatic heterocycles. The third-order valence-electron chi connectivity index (χ3n) is 4.80. The van der Waals surface area contributed by atoms with Crippen LogP contribution in [0.4, 0.5) is 5.69 Å². The van der Waals surface area contributed by atoms with Crippen molar-refractivity contribution in [2.75, 3.05) is 31.8 Å². The van der Waals surface area contributed by atoms with Gasteiger partial charge in [-0.05, 0) is 65.2 Å². The van der Waals surface area contributed by atoms with Crippen molar-refractivity contribution in [3.63, 3.8) is 0 Å². The van der Waals surface area contributed by atoms with Gasteiger partial charge >= 0.3 is 0 Å². The highest BCUT2D eigenvalue weighted by Crippen LogP contribution is 2.21. The van der Waals surface area contributed by atoms with Crippen molar-refractivity contribution < 1.29 is 4.79 Å². The lowest BCUT2D eigenvalue weighted by molar-refractivity contribution is -0.127. The Hall–Kier alpha value is -2.87. The number of nitrogens with zero attached hydrogens (tertiary/aromatic N) is 6. The minimum atomic E-state index is 0.0290. The number of hydrogen-bond acceptors (Lipinski definition) is 6. The second-order valence-corrected chi connectivity index (χ2v) is 8.18. The fraction of sp³-hybridized carbons (Fsp3) is 0.333. The molecule has 0 aliphatic carbocycles. The van der Waals surface area contributed by atoms with Crippen molar-refractivity contribution >= 4 is 23.4 Å². The molecule has 0 unspecified atom stereocenters. The topological polar surface area (TPSA) is 67.2 Å². The average molecular weight is 411 g/mol. The van der Waals surface area contributed by atoms with Crippen LogP contribution in [0.5, 0.6) is 0 Å². The number of anilines is 1. The lowest BCUT2D eigenvalue weighted by Gasteiger charge is -2.18. The van der Waals surface area contributed by atoms with E-state index >= 15 is 0 Å². The second-order valence-electron chi connectivity index (χ2n) is 7.24. The van der Waals surface area contributed by atoms with Gasteiger partial charge in [-0.3, -0.25) is 4.79 Å². The highest BCUT2D eigenvalue weighted by Gasteiger charge is 2.15. The first-order valence-electron chi connectivity index (χ1n) is 9.34. The van der Waals surface area contributed by atoms with E-state index in [4.69, 9.17) is 0 Å². The molecule has 0 saturated heterocycles. The van der Waals surface area contributed by atoms with Crippen LogP contribution in [0, 0.1) is 13.8 Å². The van der Waals surface area contributed by atoms with E-state index in [0.29, 0.717) is 11.7 Å². The molecule has 152 valence electrons. The maximum absolute atomic E-state index is 12.6. The zero-order valence-corrected chi connectivity index (χ0v) is 18.3. The molecule has 0 spiro atoms. The van der Waals surface area contributed by atoms with Crippen molar-refractivity contribution in [1.29, 1.82) is 0 Å². The SMILES string of the molecule is Cc1ccc(-n2nnnc2SCC(=O)N(C)Cc2ccc(N(C)C)cc2)cc1C. The Kier molecular flexibility index (Phi) is 6.53. The Balaban J connectivity index is 1.60. The van der Waals surface area contributed by atoms with Crippen LogP contribution in [0.2, 0.25) is 0 Å². The Morgan fingerprint density at radius 1 is 1.03 bits per heavy atom. The largest absolute Gasteiger partial charge is 0.378 e. The molecule has 0 bridgehead atoms. The fourth-order valence-electron chi connectivity index (χ4n) is 2.79. The van der Waals surface area contributed by atoms with Gasteiger partial charge in [0.2, 0.25) is 11.1 Å². The van der Waals surface area contributed by atoms with Gasteiger partial charge in [0.1, 0.15) is 0 Å². The summed E-state index contributed by atoms with van der Waals surface area (Å²) in [6.45, 7) is 4.69. The van der Waals surface area contributed by atoms with Gasteiger partial charge in [0, 0.05) is 33.4 Å². The van der Waals surface area contributed by atoms with E-state index in [1.165, 1.54) is 22.9 Å². The predicted octanol–water partition coefficient (Wildman–Crippen LogP) is 3.10. The second kappa shape index (κ2) is 9.09. The molecule has 0 aliphatic rings. The molecular weight excluding hydrogens is 384 g/mol. The van der Waals surface area contributed by atoms with Crippen LogP contribution in [0.15, 0.2) is 47.6 Å². The Bertz CT molecular complexity index is 983. The highest BCUT2D eigenvalue weighted by atomic mass is 32.2. The van der Waals surface area contributed by atoms with Gasteiger partial charge in [-0.2, -0.15) is 4.68 Å². The zero-order valence-electron chi connectivity index (χ0n) is 17.5. The van der Waals surface area contributed by atoms with Crippen LogP contribution in [-0.2, 0) is 11.3 Å². The molecule has 0 radical (unpaired) electrons. The van der Waals surface area contributed by atoms with Gasteiger partial charge in [-0.15, -0.1) is 5.10 Å². The molecule has 0 N–H and O–H groups in total. The van der Waals surface area contributed by atoms with Crippen LogP contribution in [0.3, 0.4) is 0 Å². The van der Waals surface area contributed by atoms with Crippen LogP contribution in [0.25, 0.3) is 5.69 Å². The van der Waals surface area contributed by atoms with Gasteiger partial charge in [-0.1, -0.05) is 30.0 Å². The predicted molar refractivity (Wildman–Crippen MR) is 117 cm³/mol. The molecule has 0 saturated carbocycles. The van der Waals surface area contributed by atoms with E-state index < -0.39 is 0 Å². The van der Waals surface area contributed by atoms with Crippen molar-refractivity contribution in [2.24, 2.45) is 0 Å². The summed E-state index contributed by atoms with van der Waals surface area (Å²) in [6, 6.07) is 14.3. The number of aryl methyl sites for hydroxylation is 2. The standard InChI is InChI=1S/C21H26N6OS/c1-15-6-9-19(12-16(15)2)27-21(22-23-24-27)29-14-20(28)26(5)13-17-7-10-18(11-8-17)25(3)4/h6-12H,13-14H2,1-5H3. The molecule has 2 aromatic carbocycles. The molecule has 0 fully saturated rings. The first kappa shape index (κ1) is 20.9. The van der Waals surface area contributed by atoms with Crippen molar-refractivity contribution in [3.05, 3.63) is 59.2 Å². The van der Waals surface area contributed by atoms with Gasteiger partial charge < -0.3 is 9.80 Å². The number of aromatic nitrogens is 4. The third-order valence-corrected chi connectivity index (χ3v) is 5.70. The quantitative estimate of drug-likeness (QED) is 0.558. The van der Waals surface area contributed by atoms with E-state index in [-0.39, 0.29) is 11.7 Å². The zero-order chi connectivity index (χ0) is 21.0. The molecule has 8 heteroatoms. The van der Waals surface area contributed by atoms with Gasteiger partial charge in [0.25, 0.3) is 0 Å². The van der Waals surface area contributed by atoms with E-state index in [2.05, 4.69) is 46.4 Å². The minimum absolute atomic E-state index is 0.0290. The molecule has 1 amide bonds. The summed E-state index contributed by atoms with van der Waals surface area (Å²) in [7, 11) is 5.83. The number of tetrazole rings is 1. The maximum atomic E-state index is 12.6. The third kappa shape index (κ3) is 5.14. The van der Waals surface area contributed by atoms with Crippen molar-refractivity contribution in [3.8, 4) is 5.69 Å². The molecular formula is C21H26N6OS. The molecule has 1 heterocycles. The number of rotatable bonds is 7. The summed E-state index contributed by atoms with van der Waals surface area (Å²) in [5.74, 6) is 0.304. The smallest absolute Gasteiger partial charge is 0.233 e. The molecule has 3 rings (SSSR count). The van der Waals surface area contributed by atoms with Gasteiger partial charge in [0.05, 0.1) is 11.4 Å².